The zero-order valence-corrected chi connectivity index (χ0v) is 19.5. The monoisotopic (exact) mass is 480 g/mol. The van der Waals surface area contributed by atoms with Gasteiger partial charge in [0.05, 0.1) is 41.5 Å². The normalized spacial score (nSPS) is 14.2. The van der Waals surface area contributed by atoms with Crippen LogP contribution in [0.2, 0.25) is 0 Å². The Morgan fingerprint density at radius 2 is 1.89 bits per heavy atom. The number of rotatable bonds is 4. The number of aromatic nitrogens is 8. The summed E-state index contributed by atoms with van der Waals surface area (Å²) in [6.45, 7) is 3.66. The topological polar surface area (TPSA) is 138 Å². The third kappa shape index (κ3) is 3.35. The summed E-state index contributed by atoms with van der Waals surface area (Å²) in [5, 5.41) is 8.51. The van der Waals surface area contributed by atoms with E-state index >= 15 is 0 Å². The molecule has 1 aliphatic rings. The molecule has 1 saturated heterocycles. The van der Waals surface area contributed by atoms with Gasteiger partial charge in [-0.1, -0.05) is 0 Å². The van der Waals surface area contributed by atoms with Crippen LogP contribution in [0.5, 0.6) is 0 Å². The number of nitrogens with two attached hydrogens (primary N) is 1. The number of pyridine rings is 2. The lowest BCUT2D eigenvalue weighted by Gasteiger charge is -2.37. The Morgan fingerprint density at radius 3 is 2.71 bits per heavy atom. The second-order valence-electron chi connectivity index (χ2n) is 8.69. The third-order valence-corrected chi connectivity index (χ3v) is 7.22. The molecular weight excluding hydrogens is 460 g/mol. The first-order chi connectivity index (χ1) is 17.1. The van der Waals surface area contributed by atoms with Crippen molar-refractivity contribution in [1.29, 1.82) is 0 Å². The fourth-order valence-electron chi connectivity index (χ4n) is 4.37. The first kappa shape index (κ1) is 20.2. The van der Waals surface area contributed by atoms with Crippen LogP contribution in [-0.4, -0.2) is 59.2 Å². The van der Waals surface area contributed by atoms with Gasteiger partial charge in [0.15, 0.2) is 5.82 Å². The number of anilines is 1. The van der Waals surface area contributed by atoms with Crippen molar-refractivity contribution in [3.63, 3.8) is 0 Å². The minimum Gasteiger partial charge on any atom is -0.352 e. The summed E-state index contributed by atoms with van der Waals surface area (Å²) in [5.41, 5.74) is 11.6. The molecule has 0 spiro atoms. The van der Waals surface area contributed by atoms with E-state index in [2.05, 4.69) is 54.1 Å². The van der Waals surface area contributed by atoms with Gasteiger partial charge in [-0.15, -0.1) is 11.3 Å². The Morgan fingerprint density at radius 1 is 1.00 bits per heavy atom. The molecule has 0 aliphatic carbocycles. The van der Waals surface area contributed by atoms with Crippen molar-refractivity contribution in [2.45, 2.75) is 13.0 Å². The van der Waals surface area contributed by atoms with E-state index in [0.29, 0.717) is 22.9 Å². The van der Waals surface area contributed by atoms with Crippen LogP contribution in [0, 0.1) is 6.92 Å². The lowest BCUT2D eigenvalue weighted by Crippen LogP contribution is -2.56. The maximum absolute atomic E-state index is 5.92. The Balaban J connectivity index is 1.31. The van der Waals surface area contributed by atoms with Crippen LogP contribution in [0.3, 0.4) is 0 Å². The SMILES string of the molecule is Cc1ccc(-c2cncc3[nH]c(-c4n[nH]c5cnc(-c6cncc(N7CC(N)C7)n6)cc45)nc23)s1. The first-order valence-electron chi connectivity index (χ1n) is 11.2. The van der Waals surface area contributed by atoms with Gasteiger partial charge < -0.3 is 15.6 Å². The second kappa shape index (κ2) is 7.65. The second-order valence-corrected chi connectivity index (χ2v) is 9.98. The van der Waals surface area contributed by atoms with Crippen LogP contribution in [0.4, 0.5) is 5.82 Å². The van der Waals surface area contributed by atoms with Crippen LogP contribution in [-0.2, 0) is 0 Å². The molecule has 10 nitrogen and oxygen atoms in total. The van der Waals surface area contributed by atoms with E-state index in [9.17, 15) is 0 Å². The van der Waals surface area contributed by atoms with Crippen molar-refractivity contribution in [2.75, 3.05) is 18.0 Å². The molecule has 0 bridgehead atoms. The van der Waals surface area contributed by atoms with Crippen molar-refractivity contribution in [1.82, 2.24) is 40.1 Å². The van der Waals surface area contributed by atoms with Crippen molar-refractivity contribution in [3.8, 4) is 33.3 Å². The maximum Gasteiger partial charge on any atom is 0.159 e. The molecule has 1 fully saturated rings. The number of nitrogens with zero attached hydrogens (tertiary/aromatic N) is 7. The molecule has 6 aromatic rings. The Bertz CT molecular complexity index is 1710. The molecule has 0 unspecified atom stereocenters. The van der Waals surface area contributed by atoms with Crippen molar-refractivity contribution in [3.05, 3.63) is 54.1 Å². The number of hydrogen-bond acceptors (Lipinski definition) is 9. The molecule has 4 N–H and O–H groups in total. The highest BCUT2D eigenvalue weighted by Gasteiger charge is 2.25. The summed E-state index contributed by atoms with van der Waals surface area (Å²) in [6, 6.07) is 6.37. The maximum atomic E-state index is 5.92. The fraction of sp³-hybridized carbons (Fsp3) is 0.167. The molecule has 1 aliphatic heterocycles. The minimum atomic E-state index is 0.187. The Hall–Kier alpha value is -4.22. The van der Waals surface area contributed by atoms with Gasteiger partial charge >= 0.3 is 0 Å². The smallest absolute Gasteiger partial charge is 0.159 e. The largest absolute Gasteiger partial charge is 0.352 e. The van der Waals surface area contributed by atoms with Crippen molar-refractivity contribution < 1.29 is 0 Å². The van der Waals surface area contributed by atoms with Crippen LogP contribution in [0.1, 0.15) is 4.88 Å². The number of H-pyrrole nitrogens is 2. The molecule has 0 aromatic carbocycles. The number of hydrogen-bond donors (Lipinski definition) is 3. The van der Waals surface area contributed by atoms with E-state index in [0.717, 1.165) is 51.3 Å². The van der Waals surface area contributed by atoms with Crippen LogP contribution >= 0.6 is 11.3 Å². The first-order valence-corrected chi connectivity index (χ1v) is 12.0. The zero-order chi connectivity index (χ0) is 23.5. The third-order valence-electron chi connectivity index (χ3n) is 6.19. The lowest BCUT2D eigenvalue weighted by atomic mass is 10.1. The zero-order valence-electron chi connectivity index (χ0n) is 18.7. The van der Waals surface area contributed by atoms with Crippen LogP contribution < -0.4 is 10.6 Å². The summed E-state index contributed by atoms with van der Waals surface area (Å²) in [4.78, 5) is 30.9. The van der Waals surface area contributed by atoms with Gasteiger partial charge in [-0.05, 0) is 25.1 Å². The molecule has 6 aromatic heterocycles. The van der Waals surface area contributed by atoms with E-state index in [4.69, 9.17) is 15.7 Å². The highest BCUT2D eigenvalue weighted by Crippen LogP contribution is 2.34. The number of fused-ring (bicyclic) bond motifs is 2. The number of imidazole rings is 1. The Kier molecular flexibility index (Phi) is 4.41. The van der Waals surface area contributed by atoms with Crippen molar-refractivity contribution >= 4 is 39.1 Å². The number of thiophene rings is 1. The highest BCUT2D eigenvalue weighted by molar-refractivity contribution is 7.15. The molecule has 0 amide bonds. The van der Waals surface area contributed by atoms with Crippen LogP contribution in [0.15, 0.2) is 49.2 Å². The standard InChI is InChI=1S/C24H20N10S/c1-12-2-3-20(35-12)15-5-26-7-19-22(15)31-24(30-19)23-14-4-16(28-8-17(14)32-33-23)18-6-27-9-21(29-18)34-10-13(25)11-34/h2-9,13H,10-11,25H2,1H3,(H,30,31)(H,32,33). The van der Waals surface area contributed by atoms with Gasteiger partial charge in [0.1, 0.15) is 22.7 Å². The van der Waals surface area contributed by atoms with E-state index < -0.39 is 0 Å². The van der Waals surface area contributed by atoms with E-state index in [-0.39, 0.29) is 6.04 Å². The summed E-state index contributed by atoms with van der Waals surface area (Å²) in [7, 11) is 0. The number of aromatic amines is 2. The van der Waals surface area contributed by atoms with E-state index in [1.165, 1.54) is 4.88 Å². The van der Waals surface area contributed by atoms with Gasteiger partial charge in [-0.2, -0.15) is 5.10 Å². The molecule has 35 heavy (non-hydrogen) atoms. The summed E-state index contributed by atoms with van der Waals surface area (Å²) in [5.74, 6) is 1.47. The predicted octanol–water partition coefficient (Wildman–Crippen LogP) is 3.54. The quantitative estimate of drug-likeness (QED) is 0.348. The Labute approximate surface area is 203 Å². The summed E-state index contributed by atoms with van der Waals surface area (Å²) in [6.07, 6.45) is 8.89. The van der Waals surface area contributed by atoms with Crippen LogP contribution in [0.25, 0.3) is 55.3 Å². The molecule has 7 heterocycles. The van der Waals surface area contributed by atoms with Gasteiger partial charge in [-0.25, -0.2) is 9.97 Å². The molecule has 11 heteroatoms. The van der Waals surface area contributed by atoms with E-state index in [1.54, 1.807) is 36.1 Å². The van der Waals surface area contributed by atoms with E-state index in [1.807, 2.05) is 12.3 Å². The number of aryl methyl sites for hydroxylation is 1. The highest BCUT2D eigenvalue weighted by atomic mass is 32.1. The minimum absolute atomic E-state index is 0.187. The molecule has 0 saturated carbocycles. The van der Waals surface area contributed by atoms with Crippen molar-refractivity contribution in [2.24, 2.45) is 5.73 Å². The molecule has 0 atom stereocenters. The number of nitrogens with one attached hydrogen (secondary N) is 2. The molecule has 0 radical (unpaired) electrons. The van der Waals surface area contributed by atoms with Gasteiger partial charge in [0.2, 0.25) is 0 Å². The summed E-state index contributed by atoms with van der Waals surface area (Å²) < 4.78 is 0. The van der Waals surface area contributed by atoms with Gasteiger partial charge in [-0.3, -0.25) is 20.1 Å². The van der Waals surface area contributed by atoms with Gasteiger partial charge in [0.25, 0.3) is 0 Å². The molecule has 7 rings (SSSR count). The average Bonchev–Trinajstić information content (AvgIpc) is 3.59. The lowest BCUT2D eigenvalue weighted by molar-refractivity contribution is 0.514. The molecule has 172 valence electrons. The fourth-order valence-corrected chi connectivity index (χ4v) is 5.25. The predicted molar refractivity (Wildman–Crippen MR) is 136 cm³/mol. The van der Waals surface area contributed by atoms with Gasteiger partial charge in [0, 0.05) is 46.0 Å². The summed E-state index contributed by atoms with van der Waals surface area (Å²) >= 11 is 1.73. The molecular formula is C24H20N10S. The average molecular weight is 481 g/mol.